The number of benzene rings is 3. The fraction of sp³-hybridized carbons (Fsp3) is 0.500. The lowest BCUT2D eigenvalue weighted by atomic mass is 10.1. The molecule has 3 aromatic rings. The highest BCUT2D eigenvalue weighted by Gasteiger charge is 2.20. The van der Waals surface area contributed by atoms with E-state index in [2.05, 4.69) is 19.7 Å². The van der Waals surface area contributed by atoms with Crippen LogP contribution in [0.1, 0.15) is 153 Å². The minimum Gasteiger partial charge on any atom is -0.494 e. The molecule has 15 heteroatoms. The number of ether oxygens (including phenoxy) is 9. The van der Waals surface area contributed by atoms with E-state index >= 15 is 0 Å². The molecule has 0 amide bonds. The number of carbonyl (C=O) groups is 6. The third-order valence-corrected chi connectivity index (χ3v) is 11.7. The van der Waals surface area contributed by atoms with Gasteiger partial charge in [0.1, 0.15) is 30.5 Å². The summed E-state index contributed by atoms with van der Waals surface area (Å²) in [6, 6.07) is 21.4. The molecular formula is C60H80O15. The first-order valence-electron chi connectivity index (χ1n) is 26.6. The van der Waals surface area contributed by atoms with Crippen LogP contribution in [-0.4, -0.2) is 94.8 Å². The molecule has 0 radical (unpaired) electrons. The van der Waals surface area contributed by atoms with Crippen LogP contribution in [0.4, 0.5) is 0 Å². The lowest BCUT2D eigenvalue weighted by molar-refractivity contribution is -0.167. The molecule has 0 aliphatic rings. The van der Waals surface area contributed by atoms with Crippen LogP contribution in [0, 0.1) is 0 Å². The zero-order chi connectivity index (χ0) is 54.5. The summed E-state index contributed by atoms with van der Waals surface area (Å²) in [6.07, 6.45) is 12.0. The van der Waals surface area contributed by atoms with E-state index < -0.39 is 41.9 Å². The summed E-state index contributed by atoms with van der Waals surface area (Å²) in [5.74, 6) is -0.540. The van der Waals surface area contributed by atoms with Crippen molar-refractivity contribution in [3.8, 4) is 17.2 Å². The van der Waals surface area contributed by atoms with Gasteiger partial charge in [-0.1, -0.05) is 114 Å². The van der Waals surface area contributed by atoms with Gasteiger partial charge in [0.25, 0.3) is 0 Å². The summed E-state index contributed by atoms with van der Waals surface area (Å²) in [6.45, 7) is 18.7. The van der Waals surface area contributed by atoms with Gasteiger partial charge < -0.3 is 42.6 Å². The maximum absolute atomic E-state index is 12.9. The van der Waals surface area contributed by atoms with Crippen molar-refractivity contribution in [2.75, 3.05) is 52.9 Å². The Labute approximate surface area is 444 Å². The number of esters is 6. The van der Waals surface area contributed by atoms with Crippen LogP contribution in [0.5, 0.6) is 17.2 Å². The first kappa shape index (κ1) is 62.4. The summed E-state index contributed by atoms with van der Waals surface area (Å²) < 4.78 is 49.2. The Morgan fingerprint density at radius 2 is 0.627 bits per heavy atom. The Morgan fingerprint density at radius 1 is 0.360 bits per heavy atom. The second kappa shape index (κ2) is 37.8. The molecule has 0 heterocycles. The van der Waals surface area contributed by atoms with Crippen molar-refractivity contribution in [1.82, 2.24) is 0 Å². The molecule has 3 aromatic carbocycles. The molecule has 0 unspecified atom stereocenters. The van der Waals surface area contributed by atoms with E-state index in [1.54, 1.807) is 93.6 Å². The van der Waals surface area contributed by atoms with Crippen LogP contribution < -0.4 is 14.2 Å². The van der Waals surface area contributed by atoms with Crippen molar-refractivity contribution in [2.45, 2.75) is 142 Å². The molecule has 0 spiro atoms. The van der Waals surface area contributed by atoms with Crippen molar-refractivity contribution in [3.05, 3.63) is 109 Å². The van der Waals surface area contributed by atoms with Gasteiger partial charge in [-0.15, -0.1) is 0 Å². The van der Waals surface area contributed by atoms with E-state index in [0.29, 0.717) is 89.7 Å². The van der Waals surface area contributed by atoms with Crippen LogP contribution in [0.2, 0.25) is 0 Å². The number of hydrogen-bond donors (Lipinski definition) is 0. The highest BCUT2D eigenvalue weighted by Crippen LogP contribution is 2.22. The van der Waals surface area contributed by atoms with Gasteiger partial charge in [0.15, 0.2) is 6.10 Å². The second-order valence-electron chi connectivity index (χ2n) is 17.7. The Balaban J connectivity index is 1.33. The predicted molar refractivity (Wildman–Crippen MR) is 288 cm³/mol. The monoisotopic (exact) mass is 1040 g/mol. The van der Waals surface area contributed by atoms with Crippen LogP contribution in [-0.2, 0) is 57.2 Å². The summed E-state index contributed by atoms with van der Waals surface area (Å²) >= 11 is 0. The Kier molecular flexibility index (Phi) is 31.4. The van der Waals surface area contributed by atoms with E-state index in [9.17, 15) is 28.8 Å². The summed E-state index contributed by atoms with van der Waals surface area (Å²) in [5, 5.41) is 0. The Morgan fingerprint density at radius 3 is 0.920 bits per heavy atom. The highest BCUT2D eigenvalue weighted by molar-refractivity contribution is 6.16. The van der Waals surface area contributed by atoms with Gasteiger partial charge in [0, 0.05) is 19.3 Å². The number of carbonyl (C=O) groups excluding carboxylic acids is 6. The number of rotatable bonds is 41. The van der Waals surface area contributed by atoms with Gasteiger partial charge in [-0.2, -0.15) is 0 Å². The van der Waals surface area contributed by atoms with Crippen molar-refractivity contribution < 1.29 is 71.4 Å². The van der Waals surface area contributed by atoms with Gasteiger partial charge in [-0.05, 0) is 112 Å². The number of hydrogen-bond acceptors (Lipinski definition) is 15. The maximum Gasteiger partial charge on any atom is 0.338 e. The first-order valence-corrected chi connectivity index (χ1v) is 26.6. The molecule has 0 aliphatic carbocycles. The SMILES string of the molecule is C=C(C(=O)OCC)c1ccc(OCCCCCCCC(=O)OCC(COC(=O)CCCCCCCOc2ccc(C(=C)C(=O)OCC)cc2)OC(=O)CCCCCCCOc2ccc(C(=C)C(=O)OCC)cc2)cc1. The molecule has 0 atom stereocenters. The predicted octanol–water partition coefficient (Wildman–Crippen LogP) is 12.0. The second-order valence-corrected chi connectivity index (χ2v) is 17.7. The molecule has 0 bridgehead atoms. The lowest BCUT2D eigenvalue weighted by Gasteiger charge is -2.18. The molecule has 3 rings (SSSR count). The average Bonchev–Trinajstić information content (AvgIpc) is 3.41. The van der Waals surface area contributed by atoms with Crippen molar-refractivity contribution >= 4 is 52.5 Å². The van der Waals surface area contributed by atoms with Gasteiger partial charge >= 0.3 is 35.8 Å². The van der Waals surface area contributed by atoms with E-state index in [-0.39, 0.29) is 52.3 Å². The molecular weight excluding hydrogens is 961 g/mol. The quantitative estimate of drug-likeness (QED) is 0.0226. The summed E-state index contributed by atoms with van der Waals surface area (Å²) in [7, 11) is 0. The molecule has 0 aliphatic heterocycles. The maximum atomic E-state index is 12.9. The molecule has 75 heavy (non-hydrogen) atoms. The molecule has 410 valence electrons. The van der Waals surface area contributed by atoms with E-state index in [1.165, 1.54) is 0 Å². The van der Waals surface area contributed by atoms with E-state index in [4.69, 9.17) is 42.6 Å². The highest BCUT2D eigenvalue weighted by atomic mass is 16.6. The minimum absolute atomic E-state index is 0.174. The van der Waals surface area contributed by atoms with E-state index in [0.717, 1.165) is 77.0 Å². The van der Waals surface area contributed by atoms with Crippen LogP contribution >= 0.6 is 0 Å². The van der Waals surface area contributed by atoms with Crippen LogP contribution in [0.3, 0.4) is 0 Å². The van der Waals surface area contributed by atoms with Crippen molar-refractivity contribution in [2.24, 2.45) is 0 Å². The molecule has 15 nitrogen and oxygen atoms in total. The molecule has 0 saturated heterocycles. The van der Waals surface area contributed by atoms with Crippen LogP contribution in [0.15, 0.2) is 92.5 Å². The minimum atomic E-state index is -0.931. The first-order chi connectivity index (χ1) is 36.3. The topological polar surface area (TPSA) is 185 Å². The summed E-state index contributed by atoms with van der Waals surface area (Å²) in [4.78, 5) is 74.2. The molecule has 0 fully saturated rings. The van der Waals surface area contributed by atoms with Crippen LogP contribution in [0.25, 0.3) is 16.7 Å². The smallest absolute Gasteiger partial charge is 0.338 e. The average molecular weight is 1040 g/mol. The summed E-state index contributed by atoms with van der Waals surface area (Å²) in [5.41, 5.74) is 2.92. The fourth-order valence-corrected chi connectivity index (χ4v) is 7.42. The van der Waals surface area contributed by atoms with Crippen molar-refractivity contribution in [1.29, 1.82) is 0 Å². The third-order valence-electron chi connectivity index (χ3n) is 11.7. The normalized spacial score (nSPS) is 10.7. The van der Waals surface area contributed by atoms with Gasteiger partial charge in [0.05, 0.1) is 56.4 Å². The fourth-order valence-electron chi connectivity index (χ4n) is 7.42. The zero-order valence-corrected chi connectivity index (χ0v) is 44.6. The van der Waals surface area contributed by atoms with E-state index in [1.807, 2.05) is 0 Å². The molecule has 0 aromatic heterocycles. The van der Waals surface area contributed by atoms with Gasteiger partial charge in [-0.3, -0.25) is 14.4 Å². The lowest BCUT2D eigenvalue weighted by Crippen LogP contribution is -2.30. The van der Waals surface area contributed by atoms with Gasteiger partial charge in [0.2, 0.25) is 0 Å². The Bertz CT molecular complexity index is 2110. The third kappa shape index (κ3) is 26.8. The number of unbranched alkanes of at least 4 members (excludes halogenated alkanes) is 12. The van der Waals surface area contributed by atoms with Crippen molar-refractivity contribution in [3.63, 3.8) is 0 Å². The van der Waals surface area contributed by atoms with Gasteiger partial charge in [-0.25, -0.2) is 14.4 Å². The standard InChI is InChI=1S/C60H80O15/c1-7-67-58(64)45(4)48-28-34-51(35-29-48)70-40-22-16-10-13-19-25-55(61)73-43-54(75-57(63)27-21-15-12-18-24-42-72-53-38-32-50(33-39-53)47(6)60(66)69-9-3)44-74-56(62)26-20-14-11-17-23-41-71-52-36-30-49(31-37-52)46(5)59(65)68-8-2/h28-39,54H,4-27,40-44H2,1-3H3. The zero-order valence-electron chi connectivity index (χ0n) is 44.6. The molecule has 0 saturated carbocycles. The molecule has 0 N–H and O–H groups in total. The largest absolute Gasteiger partial charge is 0.494 e. The Hall–Kier alpha value is -6.90.